The molecule has 0 aromatic rings. The maximum absolute atomic E-state index is 12.2. The van der Waals surface area contributed by atoms with E-state index in [1.54, 1.807) is 6.92 Å². The molecule has 18 heavy (non-hydrogen) atoms. The Balaban J connectivity index is 1.72. The molecule has 2 aliphatic heterocycles. The topological polar surface area (TPSA) is 61.4 Å². The molecule has 2 heterocycles. The van der Waals surface area contributed by atoms with Crippen molar-refractivity contribution in [1.29, 1.82) is 0 Å². The van der Waals surface area contributed by atoms with E-state index in [-0.39, 0.29) is 17.9 Å². The zero-order valence-corrected chi connectivity index (χ0v) is 11.1. The Hall–Kier alpha value is -1.10. The van der Waals surface area contributed by atoms with Gasteiger partial charge in [-0.2, -0.15) is 0 Å². The van der Waals surface area contributed by atoms with Gasteiger partial charge in [0.05, 0.1) is 6.04 Å². The van der Waals surface area contributed by atoms with Crippen LogP contribution in [0.2, 0.25) is 0 Å². The fraction of sp³-hybridized carbons (Fsp3) is 0.846. The van der Waals surface area contributed by atoms with Crippen LogP contribution in [0.15, 0.2) is 0 Å². The van der Waals surface area contributed by atoms with Gasteiger partial charge in [-0.15, -0.1) is 0 Å². The minimum absolute atomic E-state index is 0.0312. The normalized spacial score (nSPS) is 25.2. The van der Waals surface area contributed by atoms with Crippen molar-refractivity contribution in [2.45, 2.75) is 38.6 Å². The third-order valence-corrected chi connectivity index (χ3v) is 3.92. The van der Waals surface area contributed by atoms with E-state index in [0.717, 1.165) is 51.9 Å². The lowest BCUT2D eigenvalue weighted by Crippen LogP contribution is -2.48. The van der Waals surface area contributed by atoms with Gasteiger partial charge >= 0.3 is 0 Å². The van der Waals surface area contributed by atoms with E-state index in [1.165, 1.54) is 0 Å². The molecular formula is C13H23N3O2. The summed E-state index contributed by atoms with van der Waals surface area (Å²) in [5.74, 6) is 0.823. The predicted molar refractivity (Wildman–Crippen MR) is 69.0 cm³/mol. The Bertz CT molecular complexity index is 305. The van der Waals surface area contributed by atoms with Crippen molar-refractivity contribution >= 4 is 11.8 Å². The second-order valence-electron chi connectivity index (χ2n) is 5.35. The summed E-state index contributed by atoms with van der Waals surface area (Å²) in [4.78, 5) is 25.0. The second kappa shape index (κ2) is 6.18. The summed E-state index contributed by atoms with van der Waals surface area (Å²) in [6.07, 6.45) is 4.08. The summed E-state index contributed by atoms with van der Waals surface area (Å²) in [6, 6.07) is 0.0527. The van der Waals surface area contributed by atoms with Gasteiger partial charge in [-0.25, -0.2) is 0 Å². The first-order valence-corrected chi connectivity index (χ1v) is 6.93. The third kappa shape index (κ3) is 3.45. The van der Waals surface area contributed by atoms with Crippen molar-refractivity contribution in [3.63, 3.8) is 0 Å². The molecular weight excluding hydrogens is 230 g/mol. The Labute approximate surface area is 108 Å². The standard InChI is InChI=1S/C13H23N3O2/c1-10(17)15-9-11-4-7-16(8-5-11)13(18)12-3-2-6-14-12/h11-12,14H,2-9H2,1H3,(H,15,17)/t12-/m1/s1. The lowest BCUT2D eigenvalue weighted by Gasteiger charge is -2.33. The number of nitrogens with zero attached hydrogens (tertiary/aromatic N) is 1. The average Bonchev–Trinajstić information content (AvgIpc) is 2.90. The SMILES string of the molecule is CC(=O)NCC1CCN(C(=O)[C@H]2CCCN2)CC1. The van der Waals surface area contributed by atoms with E-state index >= 15 is 0 Å². The van der Waals surface area contributed by atoms with E-state index in [0.29, 0.717) is 5.92 Å². The quantitative estimate of drug-likeness (QED) is 0.750. The largest absolute Gasteiger partial charge is 0.356 e. The lowest BCUT2D eigenvalue weighted by atomic mass is 9.96. The summed E-state index contributed by atoms with van der Waals surface area (Å²) >= 11 is 0. The van der Waals surface area contributed by atoms with Crippen LogP contribution >= 0.6 is 0 Å². The van der Waals surface area contributed by atoms with Gasteiger partial charge in [0, 0.05) is 26.6 Å². The molecule has 0 unspecified atom stereocenters. The molecule has 0 aliphatic carbocycles. The van der Waals surface area contributed by atoms with Gasteiger partial charge in [0.1, 0.15) is 0 Å². The number of carbonyl (C=O) groups excluding carboxylic acids is 2. The van der Waals surface area contributed by atoms with E-state index in [4.69, 9.17) is 0 Å². The summed E-state index contributed by atoms with van der Waals surface area (Å²) in [5, 5.41) is 6.12. The fourth-order valence-corrected chi connectivity index (χ4v) is 2.76. The van der Waals surface area contributed by atoms with Gasteiger partial charge in [0.2, 0.25) is 11.8 Å². The number of hydrogen-bond acceptors (Lipinski definition) is 3. The molecule has 2 fully saturated rings. The molecule has 0 aromatic carbocycles. The molecule has 0 radical (unpaired) electrons. The van der Waals surface area contributed by atoms with Crippen molar-refractivity contribution in [2.24, 2.45) is 5.92 Å². The molecule has 1 atom stereocenters. The van der Waals surface area contributed by atoms with Crippen LogP contribution in [-0.4, -0.2) is 48.9 Å². The first-order chi connectivity index (χ1) is 8.66. The molecule has 5 nitrogen and oxygen atoms in total. The van der Waals surface area contributed by atoms with Crippen LogP contribution in [0.3, 0.4) is 0 Å². The van der Waals surface area contributed by atoms with Crippen molar-refractivity contribution in [3.8, 4) is 0 Å². The van der Waals surface area contributed by atoms with Gasteiger partial charge in [0.25, 0.3) is 0 Å². The molecule has 2 saturated heterocycles. The number of nitrogens with one attached hydrogen (secondary N) is 2. The molecule has 2 rings (SSSR count). The number of amides is 2. The van der Waals surface area contributed by atoms with E-state index in [1.807, 2.05) is 4.90 Å². The highest BCUT2D eigenvalue weighted by atomic mass is 16.2. The van der Waals surface area contributed by atoms with E-state index in [9.17, 15) is 9.59 Å². The minimum atomic E-state index is 0.0312. The number of hydrogen-bond donors (Lipinski definition) is 2. The zero-order valence-electron chi connectivity index (χ0n) is 11.1. The molecule has 5 heteroatoms. The van der Waals surface area contributed by atoms with Gasteiger partial charge in [0.15, 0.2) is 0 Å². The van der Waals surface area contributed by atoms with Crippen molar-refractivity contribution in [3.05, 3.63) is 0 Å². The van der Waals surface area contributed by atoms with Crippen LogP contribution in [0.1, 0.15) is 32.6 Å². The van der Waals surface area contributed by atoms with Gasteiger partial charge in [-0.3, -0.25) is 9.59 Å². The Kier molecular flexibility index (Phi) is 4.58. The van der Waals surface area contributed by atoms with Crippen LogP contribution in [0.5, 0.6) is 0 Å². The van der Waals surface area contributed by atoms with Crippen molar-refractivity contribution < 1.29 is 9.59 Å². The maximum atomic E-state index is 12.2. The Morgan fingerprint density at radius 3 is 2.56 bits per heavy atom. The molecule has 0 bridgehead atoms. The van der Waals surface area contributed by atoms with Crippen LogP contribution in [0.4, 0.5) is 0 Å². The fourth-order valence-electron chi connectivity index (χ4n) is 2.76. The highest BCUT2D eigenvalue weighted by Crippen LogP contribution is 2.18. The van der Waals surface area contributed by atoms with Crippen molar-refractivity contribution in [1.82, 2.24) is 15.5 Å². The first kappa shape index (κ1) is 13.3. The molecule has 2 amide bonds. The predicted octanol–water partition coefficient (Wildman–Crippen LogP) is 0.113. The van der Waals surface area contributed by atoms with Gasteiger partial charge < -0.3 is 15.5 Å². The summed E-state index contributed by atoms with van der Waals surface area (Å²) < 4.78 is 0. The number of rotatable bonds is 3. The van der Waals surface area contributed by atoms with Crippen LogP contribution in [-0.2, 0) is 9.59 Å². The van der Waals surface area contributed by atoms with Gasteiger partial charge in [-0.1, -0.05) is 0 Å². The summed E-state index contributed by atoms with van der Waals surface area (Å²) in [7, 11) is 0. The zero-order chi connectivity index (χ0) is 13.0. The second-order valence-corrected chi connectivity index (χ2v) is 5.35. The smallest absolute Gasteiger partial charge is 0.239 e. The number of piperidine rings is 1. The highest BCUT2D eigenvalue weighted by molar-refractivity contribution is 5.82. The van der Waals surface area contributed by atoms with Gasteiger partial charge in [-0.05, 0) is 38.1 Å². The van der Waals surface area contributed by atoms with Crippen LogP contribution in [0.25, 0.3) is 0 Å². The van der Waals surface area contributed by atoms with E-state index in [2.05, 4.69) is 10.6 Å². The van der Waals surface area contributed by atoms with Crippen molar-refractivity contribution in [2.75, 3.05) is 26.2 Å². The maximum Gasteiger partial charge on any atom is 0.239 e. The highest BCUT2D eigenvalue weighted by Gasteiger charge is 2.29. The summed E-state index contributed by atoms with van der Waals surface area (Å²) in [6.45, 7) is 4.93. The minimum Gasteiger partial charge on any atom is -0.356 e. The Morgan fingerprint density at radius 2 is 2.00 bits per heavy atom. The molecule has 0 spiro atoms. The molecule has 0 saturated carbocycles. The van der Waals surface area contributed by atoms with Crippen LogP contribution in [0, 0.1) is 5.92 Å². The average molecular weight is 253 g/mol. The van der Waals surface area contributed by atoms with Crippen LogP contribution < -0.4 is 10.6 Å². The molecule has 102 valence electrons. The molecule has 2 aliphatic rings. The number of likely N-dealkylation sites (tertiary alicyclic amines) is 1. The monoisotopic (exact) mass is 253 g/mol. The summed E-state index contributed by atoms with van der Waals surface area (Å²) in [5.41, 5.74) is 0. The third-order valence-electron chi connectivity index (χ3n) is 3.92. The Morgan fingerprint density at radius 1 is 1.28 bits per heavy atom. The first-order valence-electron chi connectivity index (χ1n) is 6.93. The molecule has 2 N–H and O–H groups in total. The molecule has 0 aromatic heterocycles. The van der Waals surface area contributed by atoms with E-state index < -0.39 is 0 Å². The lowest BCUT2D eigenvalue weighted by molar-refractivity contribution is -0.134. The number of carbonyl (C=O) groups is 2.